The summed E-state index contributed by atoms with van der Waals surface area (Å²) in [5.41, 5.74) is 2.64. The molecular weight excluding hydrogens is 304 g/mol. The summed E-state index contributed by atoms with van der Waals surface area (Å²) in [6, 6.07) is 2.10. The van der Waals surface area contributed by atoms with E-state index in [1.54, 1.807) is 31.8 Å². The molecule has 1 atom stereocenters. The summed E-state index contributed by atoms with van der Waals surface area (Å²) in [4.78, 5) is 16.8. The quantitative estimate of drug-likeness (QED) is 0.848. The van der Waals surface area contributed by atoms with Crippen LogP contribution in [0.1, 0.15) is 66.7 Å². The highest BCUT2D eigenvalue weighted by molar-refractivity contribution is 5.95. The first-order chi connectivity index (χ1) is 11.7. The first-order valence-electron chi connectivity index (χ1n) is 8.48. The molecular formula is C18H24N4O2. The molecule has 0 aliphatic heterocycles. The van der Waals surface area contributed by atoms with Crippen LogP contribution in [-0.2, 0) is 6.54 Å². The highest BCUT2D eigenvalue weighted by Gasteiger charge is 2.33. The molecule has 0 radical (unpaired) electrons. The first kappa shape index (κ1) is 16.5. The van der Waals surface area contributed by atoms with Crippen molar-refractivity contribution in [1.29, 1.82) is 0 Å². The van der Waals surface area contributed by atoms with Crippen molar-refractivity contribution in [3.8, 4) is 5.75 Å². The van der Waals surface area contributed by atoms with Gasteiger partial charge in [-0.15, -0.1) is 0 Å². The third-order valence-electron chi connectivity index (χ3n) is 4.57. The molecule has 1 unspecified atom stereocenters. The van der Waals surface area contributed by atoms with E-state index < -0.39 is 0 Å². The molecule has 3 rings (SSSR count). The molecule has 1 fully saturated rings. The average molecular weight is 328 g/mol. The number of hydrogen-bond donors (Lipinski definition) is 1. The molecule has 2 heterocycles. The standard InChI is InChI=1S/C18H24N4O2/c1-4-12(2)22-17(13-5-6-13)15(11-21-22)18(23)20-10-14-9-19-8-7-16(14)24-3/h7-9,11-13H,4-6,10H2,1-3H3,(H,20,23). The van der Waals surface area contributed by atoms with E-state index in [9.17, 15) is 4.79 Å². The normalized spacial score (nSPS) is 15.1. The monoisotopic (exact) mass is 328 g/mol. The van der Waals surface area contributed by atoms with Gasteiger partial charge in [-0.1, -0.05) is 6.92 Å². The third-order valence-corrected chi connectivity index (χ3v) is 4.57. The number of hydrogen-bond acceptors (Lipinski definition) is 4. The van der Waals surface area contributed by atoms with Gasteiger partial charge in [0, 0.05) is 36.5 Å². The molecule has 1 amide bonds. The van der Waals surface area contributed by atoms with Gasteiger partial charge in [0.2, 0.25) is 0 Å². The summed E-state index contributed by atoms with van der Waals surface area (Å²) in [6.07, 6.45) is 8.36. The fourth-order valence-corrected chi connectivity index (χ4v) is 2.85. The predicted octanol–water partition coefficient (Wildman–Crippen LogP) is 3.07. The van der Waals surface area contributed by atoms with E-state index in [1.165, 1.54) is 0 Å². The van der Waals surface area contributed by atoms with Crippen LogP contribution in [0.5, 0.6) is 5.75 Å². The van der Waals surface area contributed by atoms with Gasteiger partial charge in [0.25, 0.3) is 5.91 Å². The lowest BCUT2D eigenvalue weighted by atomic mass is 10.1. The number of amides is 1. The molecule has 2 aromatic rings. The number of rotatable bonds is 7. The molecule has 6 nitrogen and oxygen atoms in total. The third kappa shape index (κ3) is 3.27. The van der Waals surface area contributed by atoms with Crippen LogP contribution in [0.15, 0.2) is 24.7 Å². The van der Waals surface area contributed by atoms with Gasteiger partial charge in [-0.2, -0.15) is 5.10 Å². The minimum Gasteiger partial charge on any atom is -0.496 e. The Balaban J connectivity index is 1.77. The van der Waals surface area contributed by atoms with Crippen molar-refractivity contribution in [1.82, 2.24) is 20.1 Å². The fraction of sp³-hybridized carbons (Fsp3) is 0.500. The first-order valence-corrected chi connectivity index (χ1v) is 8.48. The molecule has 0 saturated heterocycles. The summed E-state index contributed by atoms with van der Waals surface area (Å²) < 4.78 is 7.32. The van der Waals surface area contributed by atoms with Gasteiger partial charge in [-0.3, -0.25) is 14.5 Å². The molecule has 24 heavy (non-hydrogen) atoms. The van der Waals surface area contributed by atoms with Crippen molar-refractivity contribution in [3.05, 3.63) is 41.5 Å². The van der Waals surface area contributed by atoms with Gasteiger partial charge >= 0.3 is 0 Å². The van der Waals surface area contributed by atoms with Gasteiger partial charge in [-0.25, -0.2) is 0 Å². The molecule has 6 heteroatoms. The zero-order valence-electron chi connectivity index (χ0n) is 14.5. The van der Waals surface area contributed by atoms with E-state index in [0.717, 1.165) is 36.3 Å². The number of ether oxygens (including phenoxy) is 1. The fourth-order valence-electron chi connectivity index (χ4n) is 2.85. The van der Waals surface area contributed by atoms with E-state index in [0.29, 0.717) is 24.1 Å². The predicted molar refractivity (Wildman–Crippen MR) is 91.2 cm³/mol. The number of nitrogens with zero attached hydrogens (tertiary/aromatic N) is 3. The van der Waals surface area contributed by atoms with Crippen molar-refractivity contribution >= 4 is 5.91 Å². The van der Waals surface area contributed by atoms with Crippen molar-refractivity contribution < 1.29 is 9.53 Å². The molecule has 0 bridgehead atoms. The molecule has 1 N–H and O–H groups in total. The zero-order chi connectivity index (χ0) is 17.1. The van der Waals surface area contributed by atoms with Crippen LogP contribution in [0.4, 0.5) is 0 Å². The average Bonchev–Trinajstić information content (AvgIpc) is 3.37. The van der Waals surface area contributed by atoms with E-state index in [1.807, 2.05) is 4.68 Å². The van der Waals surface area contributed by atoms with Crippen molar-refractivity contribution in [3.63, 3.8) is 0 Å². The van der Waals surface area contributed by atoms with Gasteiger partial charge in [0.05, 0.1) is 24.6 Å². The number of carbonyl (C=O) groups is 1. The van der Waals surface area contributed by atoms with E-state index >= 15 is 0 Å². The molecule has 0 spiro atoms. The lowest BCUT2D eigenvalue weighted by Crippen LogP contribution is -2.24. The van der Waals surface area contributed by atoms with Gasteiger partial charge in [-0.05, 0) is 32.3 Å². The van der Waals surface area contributed by atoms with E-state index in [2.05, 4.69) is 29.2 Å². The topological polar surface area (TPSA) is 69.0 Å². The molecule has 1 aliphatic rings. The summed E-state index contributed by atoms with van der Waals surface area (Å²) in [5, 5.41) is 7.45. The number of carbonyl (C=O) groups excluding carboxylic acids is 1. The molecule has 1 saturated carbocycles. The van der Waals surface area contributed by atoms with E-state index in [4.69, 9.17) is 4.74 Å². The van der Waals surface area contributed by atoms with Crippen LogP contribution in [0, 0.1) is 0 Å². The van der Waals surface area contributed by atoms with Crippen LogP contribution >= 0.6 is 0 Å². The Kier molecular flexibility index (Phi) is 4.83. The van der Waals surface area contributed by atoms with Crippen molar-refractivity contribution in [2.75, 3.05) is 7.11 Å². The maximum absolute atomic E-state index is 12.7. The van der Waals surface area contributed by atoms with Gasteiger partial charge < -0.3 is 10.1 Å². The Bertz CT molecular complexity index is 722. The van der Waals surface area contributed by atoms with Crippen molar-refractivity contribution in [2.24, 2.45) is 0 Å². The maximum Gasteiger partial charge on any atom is 0.255 e. The lowest BCUT2D eigenvalue weighted by molar-refractivity contribution is 0.0949. The Morgan fingerprint density at radius 3 is 2.92 bits per heavy atom. The molecule has 128 valence electrons. The zero-order valence-corrected chi connectivity index (χ0v) is 14.5. The van der Waals surface area contributed by atoms with Crippen LogP contribution < -0.4 is 10.1 Å². The SMILES string of the molecule is CCC(C)n1ncc(C(=O)NCc2cnccc2OC)c1C1CC1. The summed E-state index contributed by atoms with van der Waals surface area (Å²) in [7, 11) is 1.61. The van der Waals surface area contributed by atoms with Gasteiger partial charge in [0.15, 0.2) is 0 Å². The van der Waals surface area contributed by atoms with Crippen LogP contribution in [0.25, 0.3) is 0 Å². The highest BCUT2D eigenvalue weighted by atomic mass is 16.5. The smallest absolute Gasteiger partial charge is 0.255 e. The molecule has 0 aromatic carbocycles. The summed E-state index contributed by atoms with van der Waals surface area (Å²) in [6.45, 7) is 4.66. The Labute approximate surface area is 142 Å². The number of nitrogens with one attached hydrogen (secondary N) is 1. The summed E-state index contributed by atoms with van der Waals surface area (Å²) >= 11 is 0. The van der Waals surface area contributed by atoms with Gasteiger partial charge in [0.1, 0.15) is 5.75 Å². The largest absolute Gasteiger partial charge is 0.496 e. The second kappa shape index (κ2) is 7.03. The Morgan fingerprint density at radius 2 is 2.25 bits per heavy atom. The number of pyridine rings is 1. The summed E-state index contributed by atoms with van der Waals surface area (Å²) in [5.74, 6) is 1.11. The van der Waals surface area contributed by atoms with Crippen LogP contribution in [0.2, 0.25) is 0 Å². The highest BCUT2D eigenvalue weighted by Crippen LogP contribution is 2.42. The van der Waals surface area contributed by atoms with Crippen LogP contribution in [0.3, 0.4) is 0 Å². The Morgan fingerprint density at radius 1 is 1.46 bits per heavy atom. The minimum atomic E-state index is -0.0858. The molecule has 1 aliphatic carbocycles. The molecule has 2 aromatic heterocycles. The number of methoxy groups -OCH3 is 1. The second-order valence-electron chi connectivity index (χ2n) is 6.29. The van der Waals surface area contributed by atoms with Crippen molar-refractivity contribution in [2.45, 2.75) is 51.6 Å². The van der Waals surface area contributed by atoms with E-state index in [-0.39, 0.29) is 5.91 Å². The Hall–Kier alpha value is -2.37. The maximum atomic E-state index is 12.7. The van der Waals surface area contributed by atoms with Crippen LogP contribution in [-0.4, -0.2) is 27.8 Å². The number of aromatic nitrogens is 3. The minimum absolute atomic E-state index is 0.0858. The second-order valence-corrected chi connectivity index (χ2v) is 6.29. The lowest BCUT2D eigenvalue weighted by Gasteiger charge is -2.14.